The summed E-state index contributed by atoms with van der Waals surface area (Å²) in [5, 5.41) is 5.30. The van der Waals surface area contributed by atoms with Crippen LogP contribution in [0.4, 0.5) is 68.7 Å². The Bertz CT molecular complexity index is 1700. The molecule has 2 aromatic rings. The number of carbonyl (C=O) groups excluding carboxylic acids is 2. The zero-order valence-electron chi connectivity index (χ0n) is 29.4. The quantitative estimate of drug-likeness (QED) is 0.223. The summed E-state index contributed by atoms with van der Waals surface area (Å²) in [6.45, 7) is 5.94. The molecule has 3 amide bonds. The van der Waals surface area contributed by atoms with E-state index < -0.39 is 68.1 Å². The smallest absolute Gasteiger partial charge is 0.403 e. The van der Waals surface area contributed by atoms with Crippen molar-refractivity contribution in [2.45, 2.75) is 75.6 Å². The second-order valence-electron chi connectivity index (χ2n) is 14.0. The summed E-state index contributed by atoms with van der Waals surface area (Å²) in [6, 6.07) is 0.599. The van der Waals surface area contributed by atoms with Gasteiger partial charge in [-0.3, -0.25) is 14.6 Å². The Balaban J connectivity index is 1.33. The van der Waals surface area contributed by atoms with Crippen LogP contribution in [-0.2, 0) is 11.3 Å². The Kier molecular flexibility index (Phi) is 11.2. The molecule has 2 N–H and O–H groups in total. The van der Waals surface area contributed by atoms with E-state index in [1.807, 2.05) is 4.90 Å². The van der Waals surface area contributed by atoms with Gasteiger partial charge in [-0.2, -0.15) is 18.2 Å². The summed E-state index contributed by atoms with van der Waals surface area (Å²) in [4.78, 5) is 42.4. The summed E-state index contributed by atoms with van der Waals surface area (Å²) in [5.74, 6) is -4.88. The number of hydrogen-bond acceptors (Lipinski definition) is 9. The average Bonchev–Trinajstić information content (AvgIpc) is 3.09. The maximum absolute atomic E-state index is 14.1. The Labute approximate surface area is 306 Å². The minimum Gasteiger partial charge on any atom is -0.403 e. The van der Waals surface area contributed by atoms with Crippen molar-refractivity contribution in [2.75, 3.05) is 73.3 Å². The van der Waals surface area contributed by atoms with E-state index in [2.05, 4.69) is 48.8 Å². The van der Waals surface area contributed by atoms with E-state index in [4.69, 9.17) is 0 Å². The van der Waals surface area contributed by atoms with Crippen LogP contribution < -0.4 is 25.2 Å². The third-order valence-electron chi connectivity index (χ3n) is 10.2. The number of halogens is 8. The lowest BCUT2D eigenvalue weighted by Gasteiger charge is -2.43. The van der Waals surface area contributed by atoms with Gasteiger partial charge in [-0.05, 0) is 44.9 Å². The highest BCUT2D eigenvalue weighted by molar-refractivity contribution is 6.02. The van der Waals surface area contributed by atoms with Crippen molar-refractivity contribution < 1.29 is 49.4 Å². The molecule has 3 fully saturated rings. The Morgan fingerprint density at radius 1 is 0.981 bits per heavy atom. The van der Waals surface area contributed by atoms with Crippen LogP contribution in [0.3, 0.4) is 0 Å². The molecule has 3 aliphatic heterocycles. The van der Waals surface area contributed by atoms with Gasteiger partial charge in [0.05, 0.1) is 23.6 Å². The highest BCUT2D eigenvalue weighted by Gasteiger charge is 2.45. The van der Waals surface area contributed by atoms with Crippen molar-refractivity contribution >= 4 is 40.8 Å². The molecule has 4 heterocycles. The number of amides is 3. The van der Waals surface area contributed by atoms with Gasteiger partial charge in [0.15, 0.2) is 5.75 Å². The lowest BCUT2D eigenvalue weighted by atomic mass is 9.90. The minimum atomic E-state index is -5.15. The topological polar surface area (TPSA) is 109 Å². The zero-order chi connectivity index (χ0) is 39.0. The van der Waals surface area contributed by atoms with E-state index in [1.54, 1.807) is 0 Å². The molecule has 20 heteroatoms. The number of ether oxygens (including phenoxy) is 1. The van der Waals surface area contributed by atoms with Gasteiger partial charge in [-0.1, -0.05) is 6.58 Å². The van der Waals surface area contributed by atoms with Gasteiger partial charge in [-0.25, -0.2) is 18.6 Å². The van der Waals surface area contributed by atoms with Crippen LogP contribution in [0.25, 0.3) is 0 Å². The van der Waals surface area contributed by atoms with Crippen molar-refractivity contribution in [3.63, 3.8) is 0 Å². The molecule has 4 aliphatic rings. The Morgan fingerprint density at radius 2 is 1.65 bits per heavy atom. The first kappa shape index (κ1) is 39.2. The number of urea groups is 1. The number of alkyl halides is 8. The number of likely N-dealkylation sites (N-methyl/N-ethyl adjacent to an activating group) is 1. The van der Waals surface area contributed by atoms with E-state index in [9.17, 15) is 44.7 Å². The van der Waals surface area contributed by atoms with Gasteiger partial charge < -0.3 is 30.1 Å². The van der Waals surface area contributed by atoms with E-state index >= 15 is 0 Å². The molecule has 54 heavy (non-hydrogen) atoms. The third-order valence-corrected chi connectivity index (χ3v) is 10.2. The normalized spacial score (nSPS) is 20.8. The number of piperazine rings is 1. The monoisotopic (exact) mass is 775 g/mol. The van der Waals surface area contributed by atoms with Crippen molar-refractivity contribution in [2.24, 2.45) is 0 Å². The number of hydrogen-bond donors (Lipinski definition) is 2. The van der Waals surface area contributed by atoms with Crippen LogP contribution in [0.1, 0.15) is 44.1 Å². The van der Waals surface area contributed by atoms with Gasteiger partial charge in [0, 0.05) is 82.0 Å². The largest absolute Gasteiger partial charge is 0.573 e. The highest BCUT2D eigenvalue weighted by Crippen LogP contribution is 2.43. The van der Waals surface area contributed by atoms with Crippen LogP contribution in [0.5, 0.6) is 5.75 Å². The van der Waals surface area contributed by atoms with Crippen LogP contribution >= 0.6 is 0 Å². The molecule has 0 bridgehead atoms. The van der Waals surface area contributed by atoms with Gasteiger partial charge in [-0.15, -0.1) is 13.2 Å². The first-order chi connectivity index (χ1) is 25.4. The van der Waals surface area contributed by atoms with Crippen molar-refractivity contribution in [1.82, 2.24) is 24.7 Å². The number of nitrogens with zero attached hydrogens (tertiary/aromatic N) is 7. The lowest BCUT2D eigenvalue weighted by molar-refractivity contribution is -0.274. The number of nitrogens with one attached hydrogen (secondary N) is 2. The highest BCUT2D eigenvalue weighted by atomic mass is 19.4. The van der Waals surface area contributed by atoms with Crippen LogP contribution in [0, 0.1) is 0 Å². The first-order valence-electron chi connectivity index (χ1n) is 17.6. The zero-order valence-corrected chi connectivity index (χ0v) is 29.4. The molecule has 2 saturated heterocycles. The minimum absolute atomic E-state index is 0.0720. The fraction of sp³-hybridized carbons (Fsp3) is 0.588. The molecule has 1 aliphatic carbocycles. The van der Waals surface area contributed by atoms with Crippen LogP contribution in [-0.4, -0.2) is 120 Å². The predicted molar refractivity (Wildman–Crippen MR) is 183 cm³/mol. The molecule has 0 atom stereocenters. The number of aromatic nitrogens is 2. The fourth-order valence-electron chi connectivity index (χ4n) is 7.45. The number of piperidine rings is 1. The number of rotatable bonds is 9. The summed E-state index contributed by atoms with van der Waals surface area (Å²) in [5.41, 5.74) is 0.111. The molecule has 12 nitrogen and oxygen atoms in total. The first-order valence-corrected chi connectivity index (χ1v) is 17.6. The number of fused-ring (bicyclic) bond motifs is 1. The van der Waals surface area contributed by atoms with Gasteiger partial charge >= 0.3 is 18.6 Å². The molecule has 1 saturated carbocycles. The van der Waals surface area contributed by atoms with Crippen molar-refractivity contribution in [3.05, 3.63) is 36.5 Å². The van der Waals surface area contributed by atoms with Gasteiger partial charge in [0.1, 0.15) is 12.4 Å². The molecule has 0 unspecified atom stereocenters. The second-order valence-corrected chi connectivity index (χ2v) is 14.0. The molecule has 1 aromatic carbocycles. The summed E-state index contributed by atoms with van der Waals surface area (Å²) in [7, 11) is 2.06. The van der Waals surface area contributed by atoms with Crippen LogP contribution in [0.15, 0.2) is 31.0 Å². The van der Waals surface area contributed by atoms with Crippen LogP contribution in [0.2, 0.25) is 0 Å². The van der Waals surface area contributed by atoms with Crippen molar-refractivity contribution in [3.8, 4) is 5.75 Å². The number of carbonyl (C=O) groups is 2. The molecule has 1 aromatic heterocycles. The van der Waals surface area contributed by atoms with E-state index in [1.165, 1.54) is 6.07 Å². The molecular formula is C34H41F8N9O3. The van der Waals surface area contributed by atoms with Crippen molar-refractivity contribution in [1.29, 1.82) is 0 Å². The maximum Gasteiger partial charge on any atom is 0.573 e. The Hall–Kier alpha value is -4.46. The maximum atomic E-state index is 14.1. The summed E-state index contributed by atoms with van der Waals surface area (Å²) >= 11 is 0. The molecule has 0 radical (unpaired) electrons. The SMILES string of the molecule is C=CC(=O)Nc1cc(Nc2ncc3c(n2)N(C2CCC(F)(F)CC2)C(=O)N(CC(F)(F)F)C3)c(OC(F)(F)F)cc1N1CCC(N2CCN(C)CC2)CC1. The fourth-order valence-corrected chi connectivity index (χ4v) is 7.45. The molecular weight excluding hydrogens is 734 g/mol. The van der Waals surface area contributed by atoms with E-state index in [-0.39, 0.29) is 53.3 Å². The Morgan fingerprint density at radius 3 is 2.26 bits per heavy atom. The van der Waals surface area contributed by atoms with Gasteiger partial charge in [0.2, 0.25) is 17.8 Å². The lowest BCUT2D eigenvalue weighted by Crippen LogP contribution is -2.55. The summed E-state index contributed by atoms with van der Waals surface area (Å²) in [6.07, 6.45) is -8.01. The molecule has 296 valence electrons. The standard InChI is InChI=1S/C34H41F8N9O3/c1-3-28(52)44-24-16-25(27(54-34(40,41)42)17-26(24)49-10-6-22(7-11-49)48-14-12-47(2)13-15-48)45-30-43-18-21-19-50(20-33(37,38)39)31(53)51(29(21)46-30)23-4-8-32(35,36)9-5-23/h3,16-18,22-23H,1,4-15,19-20H2,2H3,(H,44,52)(H,43,45,46). The van der Waals surface area contributed by atoms with Gasteiger partial charge in [0.25, 0.3) is 0 Å². The predicted octanol–water partition coefficient (Wildman–Crippen LogP) is 6.34. The number of benzene rings is 1. The summed E-state index contributed by atoms with van der Waals surface area (Å²) < 4.78 is 114. The molecule has 6 rings (SSSR count). The molecule has 0 spiro atoms. The second kappa shape index (κ2) is 15.3. The third kappa shape index (κ3) is 9.42. The average molecular weight is 776 g/mol. The number of anilines is 5. The van der Waals surface area contributed by atoms with E-state index in [0.717, 1.165) is 62.3 Å². The van der Waals surface area contributed by atoms with E-state index in [0.29, 0.717) is 18.0 Å².